The molecule has 1 aliphatic rings. The van der Waals surface area contributed by atoms with Crippen molar-refractivity contribution in [3.8, 4) is 11.3 Å². The van der Waals surface area contributed by atoms with E-state index in [1.807, 2.05) is 12.1 Å². The summed E-state index contributed by atoms with van der Waals surface area (Å²) >= 11 is 0. The number of aromatic nitrogens is 2. The van der Waals surface area contributed by atoms with Crippen molar-refractivity contribution < 1.29 is 9.59 Å². The van der Waals surface area contributed by atoms with E-state index in [2.05, 4.69) is 9.97 Å². The Hall–Kier alpha value is -2.96. The zero-order chi connectivity index (χ0) is 17.8. The van der Waals surface area contributed by atoms with Gasteiger partial charge in [0.25, 0.3) is 5.91 Å². The lowest BCUT2D eigenvalue weighted by Crippen LogP contribution is -2.45. The molecule has 0 unspecified atom stereocenters. The zero-order valence-corrected chi connectivity index (χ0v) is 13.9. The first-order valence-corrected chi connectivity index (χ1v) is 8.32. The summed E-state index contributed by atoms with van der Waals surface area (Å²) in [5.74, 6) is -0.120. The van der Waals surface area contributed by atoms with E-state index in [1.54, 1.807) is 23.2 Å². The number of nitrogen functional groups attached to an aromatic ring is 1. The Balaban J connectivity index is 1.85. The maximum atomic E-state index is 12.9. The van der Waals surface area contributed by atoms with E-state index in [9.17, 15) is 9.59 Å². The SMILES string of the molecule is NC(=O)C[C@@H]1CCCCN1C(=O)c1cccc(-c2cnc(N)cn2)c1. The summed E-state index contributed by atoms with van der Waals surface area (Å²) < 4.78 is 0. The minimum absolute atomic E-state index is 0.0868. The van der Waals surface area contributed by atoms with Gasteiger partial charge in [0, 0.05) is 30.1 Å². The van der Waals surface area contributed by atoms with Crippen LogP contribution in [0, 0.1) is 0 Å². The van der Waals surface area contributed by atoms with Gasteiger partial charge in [0.1, 0.15) is 5.82 Å². The number of carbonyl (C=O) groups excluding carboxylic acids is 2. The van der Waals surface area contributed by atoms with E-state index in [1.165, 1.54) is 6.20 Å². The molecule has 1 atom stereocenters. The Labute approximate surface area is 146 Å². The molecule has 3 rings (SSSR count). The number of anilines is 1. The summed E-state index contributed by atoms with van der Waals surface area (Å²) in [6, 6.07) is 7.12. The molecule has 0 saturated carbocycles. The lowest BCUT2D eigenvalue weighted by Gasteiger charge is -2.35. The van der Waals surface area contributed by atoms with E-state index in [0.29, 0.717) is 23.6 Å². The van der Waals surface area contributed by atoms with Crippen molar-refractivity contribution in [1.29, 1.82) is 0 Å². The number of primary amides is 1. The van der Waals surface area contributed by atoms with Crippen molar-refractivity contribution in [2.75, 3.05) is 12.3 Å². The monoisotopic (exact) mass is 339 g/mol. The van der Waals surface area contributed by atoms with Gasteiger partial charge in [-0.1, -0.05) is 12.1 Å². The van der Waals surface area contributed by atoms with Crippen LogP contribution in [0.5, 0.6) is 0 Å². The first-order chi connectivity index (χ1) is 12.0. The first kappa shape index (κ1) is 16.9. The number of nitrogens with two attached hydrogens (primary N) is 2. The second-order valence-electron chi connectivity index (χ2n) is 6.23. The molecule has 1 aromatic heterocycles. The smallest absolute Gasteiger partial charge is 0.254 e. The van der Waals surface area contributed by atoms with Crippen LogP contribution in [0.4, 0.5) is 5.82 Å². The second kappa shape index (κ2) is 7.29. The van der Waals surface area contributed by atoms with Crippen LogP contribution in [-0.2, 0) is 4.79 Å². The molecule has 1 saturated heterocycles. The Bertz CT molecular complexity index is 775. The van der Waals surface area contributed by atoms with Gasteiger partial charge in [-0.15, -0.1) is 0 Å². The van der Waals surface area contributed by atoms with Gasteiger partial charge in [0.15, 0.2) is 0 Å². The number of carbonyl (C=O) groups is 2. The van der Waals surface area contributed by atoms with Crippen molar-refractivity contribution in [3.63, 3.8) is 0 Å². The molecule has 7 nitrogen and oxygen atoms in total. The molecule has 7 heteroatoms. The van der Waals surface area contributed by atoms with Gasteiger partial charge < -0.3 is 16.4 Å². The largest absolute Gasteiger partial charge is 0.382 e. The van der Waals surface area contributed by atoms with Gasteiger partial charge in [-0.05, 0) is 31.4 Å². The van der Waals surface area contributed by atoms with Crippen molar-refractivity contribution in [3.05, 3.63) is 42.2 Å². The van der Waals surface area contributed by atoms with Crippen molar-refractivity contribution in [2.45, 2.75) is 31.7 Å². The number of amides is 2. The topological polar surface area (TPSA) is 115 Å². The molecule has 0 spiro atoms. The summed E-state index contributed by atoms with van der Waals surface area (Å²) in [5, 5.41) is 0. The maximum absolute atomic E-state index is 12.9. The Kier molecular flexibility index (Phi) is 4.92. The summed E-state index contributed by atoms with van der Waals surface area (Å²) in [7, 11) is 0. The predicted octanol–water partition coefficient (Wildman–Crippen LogP) is 1.60. The highest BCUT2D eigenvalue weighted by Gasteiger charge is 2.28. The Morgan fingerprint density at radius 1 is 1.20 bits per heavy atom. The van der Waals surface area contributed by atoms with Gasteiger partial charge in [0.2, 0.25) is 5.91 Å². The minimum atomic E-state index is -0.379. The quantitative estimate of drug-likeness (QED) is 0.878. The van der Waals surface area contributed by atoms with Crippen LogP contribution in [0.15, 0.2) is 36.7 Å². The second-order valence-corrected chi connectivity index (χ2v) is 6.23. The number of benzene rings is 1. The molecule has 1 fully saturated rings. The van der Waals surface area contributed by atoms with Crippen LogP contribution in [0.3, 0.4) is 0 Å². The third-order valence-corrected chi connectivity index (χ3v) is 4.40. The molecule has 0 radical (unpaired) electrons. The van der Waals surface area contributed by atoms with Gasteiger partial charge in [-0.2, -0.15) is 0 Å². The Morgan fingerprint density at radius 3 is 2.76 bits per heavy atom. The Morgan fingerprint density at radius 2 is 2.04 bits per heavy atom. The maximum Gasteiger partial charge on any atom is 0.254 e. The minimum Gasteiger partial charge on any atom is -0.382 e. The highest BCUT2D eigenvalue weighted by Crippen LogP contribution is 2.24. The van der Waals surface area contributed by atoms with Crippen molar-refractivity contribution in [2.24, 2.45) is 5.73 Å². The molecule has 1 aromatic carbocycles. The zero-order valence-electron chi connectivity index (χ0n) is 13.9. The molecule has 25 heavy (non-hydrogen) atoms. The predicted molar refractivity (Wildman–Crippen MR) is 94.4 cm³/mol. The van der Waals surface area contributed by atoms with Crippen LogP contribution in [0.2, 0.25) is 0 Å². The number of hydrogen-bond acceptors (Lipinski definition) is 5. The number of piperidine rings is 1. The van der Waals surface area contributed by atoms with E-state index >= 15 is 0 Å². The van der Waals surface area contributed by atoms with E-state index < -0.39 is 0 Å². The summed E-state index contributed by atoms with van der Waals surface area (Å²) in [6.07, 6.45) is 6.01. The molecule has 0 bridgehead atoms. The highest BCUT2D eigenvalue weighted by molar-refractivity contribution is 5.96. The van der Waals surface area contributed by atoms with Crippen LogP contribution >= 0.6 is 0 Å². The van der Waals surface area contributed by atoms with Crippen molar-refractivity contribution >= 4 is 17.6 Å². The fraction of sp³-hybridized carbons (Fsp3) is 0.333. The lowest BCUT2D eigenvalue weighted by molar-refractivity contribution is -0.119. The van der Waals surface area contributed by atoms with E-state index in [4.69, 9.17) is 11.5 Å². The average molecular weight is 339 g/mol. The molecule has 4 N–H and O–H groups in total. The van der Waals surface area contributed by atoms with E-state index in [0.717, 1.165) is 24.8 Å². The van der Waals surface area contributed by atoms with Crippen LogP contribution < -0.4 is 11.5 Å². The van der Waals surface area contributed by atoms with Gasteiger partial charge in [0.05, 0.1) is 18.1 Å². The third-order valence-electron chi connectivity index (χ3n) is 4.40. The average Bonchev–Trinajstić information content (AvgIpc) is 2.62. The number of nitrogens with zero attached hydrogens (tertiary/aromatic N) is 3. The molecule has 0 aliphatic carbocycles. The van der Waals surface area contributed by atoms with Crippen LogP contribution in [0.1, 0.15) is 36.0 Å². The van der Waals surface area contributed by atoms with Crippen LogP contribution in [0.25, 0.3) is 11.3 Å². The van der Waals surface area contributed by atoms with E-state index in [-0.39, 0.29) is 24.3 Å². The fourth-order valence-electron chi connectivity index (χ4n) is 3.18. The molecule has 2 heterocycles. The third kappa shape index (κ3) is 3.93. The summed E-state index contributed by atoms with van der Waals surface area (Å²) in [4.78, 5) is 34.3. The normalized spacial score (nSPS) is 17.3. The summed E-state index contributed by atoms with van der Waals surface area (Å²) in [6.45, 7) is 0.642. The van der Waals surface area contributed by atoms with Gasteiger partial charge >= 0.3 is 0 Å². The molecular formula is C18H21N5O2. The standard InChI is InChI=1S/C18H21N5O2/c19-16-11-21-15(10-22-16)12-4-3-5-13(8-12)18(25)23-7-2-1-6-14(23)9-17(20)24/h3-5,8,10-11,14H,1-2,6-7,9H2,(H2,19,22)(H2,20,24)/t14-/m0/s1. The molecule has 1 aliphatic heterocycles. The number of hydrogen-bond donors (Lipinski definition) is 2. The number of likely N-dealkylation sites (tertiary alicyclic amines) is 1. The molecule has 2 amide bonds. The van der Waals surface area contributed by atoms with Gasteiger partial charge in [-0.3, -0.25) is 14.6 Å². The summed E-state index contributed by atoms with van der Waals surface area (Å²) in [5.41, 5.74) is 12.9. The molecule has 2 aromatic rings. The molecular weight excluding hydrogens is 318 g/mol. The van der Waals surface area contributed by atoms with Crippen LogP contribution in [-0.4, -0.2) is 39.3 Å². The van der Waals surface area contributed by atoms with Crippen molar-refractivity contribution in [1.82, 2.24) is 14.9 Å². The fourth-order valence-corrected chi connectivity index (χ4v) is 3.18. The first-order valence-electron chi connectivity index (χ1n) is 8.32. The highest BCUT2D eigenvalue weighted by atomic mass is 16.2. The lowest BCUT2D eigenvalue weighted by atomic mass is 9.97. The molecule has 130 valence electrons. The van der Waals surface area contributed by atoms with Gasteiger partial charge in [-0.25, -0.2) is 4.98 Å². The number of rotatable bonds is 4.